The van der Waals surface area contributed by atoms with Crippen LogP contribution in [0.5, 0.6) is 0 Å². The zero-order valence-corrected chi connectivity index (χ0v) is 13.1. The molecule has 0 aliphatic heterocycles. The molecule has 1 N–H and O–H groups in total. The molecule has 0 saturated carbocycles. The number of hydrogen-bond acceptors (Lipinski definition) is 4. The van der Waals surface area contributed by atoms with E-state index in [4.69, 9.17) is 4.42 Å². The van der Waals surface area contributed by atoms with Gasteiger partial charge in [0.1, 0.15) is 5.76 Å². The lowest BCUT2D eigenvalue weighted by molar-refractivity contribution is -0.121. The third-order valence-corrected chi connectivity index (χ3v) is 4.14. The molecule has 0 spiro atoms. The highest BCUT2D eigenvalue weighted by Gasteiger charge is 2.14. The molecule has 1 unspecified atom stereocenters. The molecule has 0 saturated heterocycles. The molecule has 0 aliphatic carbocycles. The highest BCUT2D eigenvalue weighted by atomic mass is 32.1. The SMILES string of the molecule is Cc1ccc(-c2nc(CC(=O)NC(C)C(C)C)cs2)o1. The Bertz CT molecular complexity index is 586. The van der Waals surface area contributed by atoms with Gasteiger partial charge in [0, 0.05) is 11.4 Å². The first-order valence-electron chi connectivity index (χ1n) is 6.76. The van der Waals surface area contributed by atoms with Crippen molar-refractivity contribution in [2.75, 3.05) is 0 Å². The Morgan fingerprint density at radius 2 is 2.15 bits per heavy atom. The van der Waals surface area contributed by atoms with E-state index in [1.807, 2.05) is 31.4 Å². The Hall–Kier alpha value is -1.62. The van der Waals surface area contributed by atoms with Crippen LogP contribution < -0.4 is 5.32 Å². The number of carbonyl (C=O) groups excluding carboxylic acids is 1. The minimum absolute atomic E-state index is 0.0127. The number of aryl methyl sites for hydroxylation is 1. The molecular formula is C15H20N2O2S. The number of nitrogens with one attached hydrogen (secondary N) is 1. The number of hydrogen-bond donors (Lipinski definition) is 1. The van der Waals surface area contributed by atoms with Crippen LogP contribution >= 0.6 is 11.3 Å². The van der Waals surface area contributed by atoms with Gasteiger partial charge in [0.2, 0.25) is 5.91 Å². The quantitative estimate of drug-likeness (QED) is 0.918. The van der Waals surface area contributed by atoms with Crippen LogP contribution in [-0.4, -0.2) is 16.9 Å². The number of nitrogens with zero attached hydrogens (tertiary/aromatic N) is 1. The molecule has 4 nitrogen and oxygen atoms in total. The molecule has 0 fully saturated rings. The van der Waals surface area contributed by atoms with E-state index in [-0.39, 0.29) is 11.9 Å². The van der Waals surface area contributed by atoms with Crippen molar-refractivity contribution in [1.82, 2.24) is 10.3 Å². The van der Waals surface area contributed by atoms with Crippen molar-refractivity contribution in [1.29, 1.82) is 0 Å². The van der Waals surface area contributed by atoms with Crippen molar-refractivity contribution in [3.8, 4) is 10.8 Å². The summed E-state index contributed by atoms with van der Waals surface area (Å²) in [5.41, 5.74) is 0.785. The van der Waals surface area contributed by atoms with Gasteiger partial charge in [-0.3, -0.25) is 4.79 Å². The van der Waals surface area contributed by atoms with E-state index < -0.39 is 0 Å². The molecule has 2 aromatic rings. The second-order valence-electron chi connectivity index (χ2n) is 5.33. The molecule has 0 bridgehead atoms. The third-order valence-electron chi connectivity index (χ3n) is 3.23. The molecule has 1 atom stereocenters. The number of carbonyl (C=O) groups is 1. The van der Waals surface area contributed by atoms with E-state index >= 15 is 0 Å². The van der Waals surface area contributed by atoms with E-state index in [2.05, 4.69) is 24.1 Å². The fourth-order valence-corrected chi connectivity index (χ4v) is 2.47. The van der Waals surface area contributed by atoms with Crippen LogP contribution in [0.25, 0.3) is 10.8 Å². The fourth-order valence-electron chi connectivity index (χ4n) is 1.69. The van der Waals surface area contributed by atoms with Crippen LogP contribution in [0, 0.1) is 12.8 Å². The molecular weight excluding hydrogens is 272 g/mol. The summed E-state index contributed by atoms with van der Waals surface area (Å²) in [5, 5.41) is 5.71. The molecule has 2 rings (SSSR count). The normalized spacial score (nSPS) is 12.7. The number of rotatable bonds is 5. The van der Waals surface area contributed by atoms with Gasteiger partial charge in [-0.25, -0.2) is 4.98 Å². The highest BCUT2D eigenvalue weighted by molar-refractivity contribution is 7.13. The van der Waals surface area contributed by atoms with Gasteiger partial charge in [-0.1, -0.05) is 13.8 Å². The summed E-state index contributed by atoms with van der Waals surface area (Å²) in [6, 6.07) is 3.99. The summed E-state index contributed by atoms with van der Waals surface area (Å²) in [5.74, 6) is 2.06. The maximum atomic E-state index is 11.9. The first-order chi connectivity index (χ1) is 9.45. The van der Waals surface area contributed by atoms with Gasteiger partial charge in [-0.2, -0.15) is 0 Å². The highest BCUT2D eigenvalue weighted by Crippen LogP contribution is 2.25. The van der Waals surface area contributed by atoms with Crippen LogP contribution in [0.2, 0.25) is 0 Å². The predicted octanol–water partition coefficient (Wildman–Crippen LogP) is 3.41. The first-order valence-corrected chi connectivity index (χ1v) is 7.64. The predicted molar refractivity (Wildman–Crippen MR) is 80.7 cm³/mol. The third kappa shape index (κ3) is 3.70. The van der Waals surface area contributed by atoms with E-state index in [1.165, 1.54) is 11.3 Å². The minimum Gasteiger partial charge on any atom is -0.459 e. The standard InChI is InChI=1S/C15H20N2O2S/c1-9(2)11(4)16-14(18)7-12-8-20-15(17-12)13-6-5-10(3)19-13/h5-6,8-9,11H,7H2,1-4H3,(H,16,18). The minimum atomic E-state index is 0.0127. The maximum absolute atomic E-state index is 11.9. The van der Waals surface area contributed by atoms with Crippen LogP contribution in [0.4, 0.5) is 0 Å². The van der Waals surface area contributed by atoms with Crippen LogP contribution in [-0.2, 0) is 11.2 Å². The summed E-state index contributed by atoms with van der Waals surface area (Å²) in [4.78, 5) is 16.4. The molecule has 2 heterocycles. The smallest absolute Gasteiger partial charge is 0.226 e. The van der Waals surface area contributed by atoms with E-state index in [0.29, 0.717) is 12.3 Å². The molecule has 5 heteroatoms. The van der Waals surface area contributed by atoms with Gasteiger partial charge in [0.05, 0.1) is 12.1 Å². The second-order valence-corrected chi connectivity index (χ2v) is 6.19. The largest absolute Gasteiger partial charge is 0.459 e. The summed E-state index contributed by atoms with van der Waals surface area (Å²) in [6.45, 7) is 8.09. The lowest BCUT2D eigenvalue weighted by Crippen LogP contribution is -2.37. The zero-order valence-electron chi connectivity index (χ0n) is 12.3. The molecule has 0 radical (unpaired) electrons. The van der Waals surface area contributed by atoms with E-state index in [9.17, 15) is 4.79 Å². The van der Waals surface area contributed by atoms with Crippen molar-refractivity contribution < 1.29 is 9.21 Å². The molecule has 1 amide bonds. The van der Waals surface area contributed by atoms with E-state index in [1.54, 1.807) is 0 Å². The molecule has 20 heavy (non-hydrogen) atoms. The van der Waals surface area contributed by atoms with Gasteiger partial charge < -0.3 is 9.73 Å². The van der Waals surface area contributed by atoms with Crippen molar-refractivity contribution in [3.05, 3.63) is 29.0 Å². The zero-order chi connectivity index (χ0) is 14.7. The van der Waals surface area contributed by atoms with Crippen LogP contribution in [0.1, 0.15) is 32.2 Å². The van der Waals surface area contributed by atoms with Crippen molar-refractivity contribution in [2.45, 2.75) is 40.2 Å². The van der Waals surface area contributed by atoms with Gasteiger partial charge in [-0.05, 0) is 31.9 Å². The van der Waals surface area contributed by atoms with Gasteiger partial charge >= 0.3 is 0 Å². The topological polar surface area (TPSA) is 55.1 Å². The Morgan fingerprint density at radius 3 is 2.75 bits per heavy atom. The number of thiazole rings is 1. The Morgan fingerprint density at radius 1 is 1.40 bits per heavy atom. The van der Waals surface area contributed by atoms with Crippen molar-refractivity contribution in [3.63, 3.8) is 0 Å². The summed E-state index contributed by atoms with van der Waals surface area (Å²) >= 11 is 1.50. The Labute approximate surface area is 123 Å². The lowest BCUT2D eigenvalue weighted by atomic mass is 10.1. The summed E-state index contributed by atoms with van der Waals surface area (Å²) in [7, 11) is 0. The molecule has 0 aromatic carbocycles. The van der Waals surface area contributed by atoms with Crippen LogP contribution in [0.3, 0.4) is 0 Å². The van der Waals surface area contributed by atoms with Crippen molar-refractivity contribution >= 4 is 17.2 Å². The first kappa shape index (κ1) is 14.8. The summed E-state index contributed by atoms with van der Waals surface area (Å²) in [6.07, 6.45) is 0.313. The number of amides is 1. The number of aromatic nitrogens is 1. The maximum Gasteiger partial charge on any atom is 0.226 e. The average Bonchev–Trinajstić information content (AvgIpc) is 2.97. The Balaban J connectivity index is 1.98. The Kier molecular flexibility index (Phi) is 4.60. The summed E-state index contributed by atoms with van der Waals surface area (Å²) < 4.78 is 5.53. The molecule has 0 aliphatic rings. The molecule has 2 aromatic heterocycles. The lowest BCUT2D eigenvalue weighted by Gasteiger charge is -2.16. The van der Waals surface area contributed by atoms with E-state index in [0.717, 1.165) is 22.2 Å². The van der Waals surface area contributed by atoms with Crippen LogP contribution in [0.15, 0.2) is 21.9 Å². The monoisotopic (exact) mass is 292 g/mol. The average molecular weight is 292 g/mol. The fraction of sp³-hybridized carbons (Fsp3) is 0.467. The van der Waals surface area contributed by atoms with Gasteiger partial charge in [0.25, 0.3) is 0 Å². The molecule has 108 valence electrons. The van der Waals surface area contributed by atoms with Crippen molar-refractivity contribution in [2.24, 2.45) is 5.92 Å². The van der Waals surface area contributed by atoms with Gasteiger partial charge in [0.15, 0.2) is 10.8 Å². The second kappa shape index (κ2) is 6.22. The number of furan rings is 1. The van der Waals surface area contributed by atoms with Gasteiger partial charge in [-0.15, -0.1) is 11.3 Å².